The van der Waals surface area contributed by atoms with Crippen LogP contribution in [0.1, 0.15) is 44.9 Å². The summed E-state index contributed by atoms with van der Waals surface area (Å²) in [6, 6.07) is 9.07. The van der Waals surface area contributed by atoms with Crippen LogP contribution in [0, 0.1) is 28.3 Å². The van der Waals surface area contributed by atoms with Gasteiger partial charge in [0.2, 0.25) is 0 Å². The van der Waals surface area contributed by atoms with E-state index >= 15 is 8.78 Å². The van der Waals surface area contributed by atoms with E-state index in [4.69, 9.17) is 9.72 Å². The van der Waals surface area contributed by atoms with E-state index in [0.29, 0.717) is 35.3 Å². The van der Waals surface area contributed by atoms with Crippen molar-refractivity contribution in [1.82, 2.24) is 25.5 Å². The van der Waals surface area contributed by atoms with Crippen LogP contribution in [0.25, 0.3) is 32.8 Å². The van der Waals surface area contributed by atoms with Crippen LogP contribution in [-0.2, 0) is 0 Å². The molecule has 1 aromatic heterocycles. The molecule has 2 unspecified atom stereocenters. The molecule has 5 aliphatic rings. The van der Waals surface area contributed by atoms with Gasteiger partial charge in [-0.05, 0) is 105 Å². The lowest BCUT2D eigenvalue weighted by Crippen LogP contribution is -2.51. The van der Waals surface area contributed by atoms with Crippen LogP contribution in [0.5, 0.6) is 11.8 Å². The number of aromatic hydroxyl groups is 1. The summed E-state index contributed by atoms with van der Waals surface area (Å²) in [6.45, 7) is 7.38. The van der Waals surface area contributed by atoms with E-state index in [2.05, 4.69) is 25.4 Å². The van der Waals surface area contributed by atoms with E-state index in [0.717, 1.165) is 77.6 Å². The summed E-state index contributed by atoms with van der Waals surface area (Å²) in [5, 5.41) is 18.4. The Labute approximate surface area is 277 Å². The average molecular weight is 659 g/mol. The second kappa shape index (κ2) is 11.5. The predicted molar refractivity (Wildman–Crippen MR) is 179 cm³/mol. The SMILES string of the molecule is Oc1cc(-c2ccc3c(N4CC5CCC(C4)N5)nc(OCC4(CN5CCC6(CCNC6)CC5)CC4)nc3c2F)c2c(F)c(F)ccc2c1. The number of piperidine rings is 1. The Balaban J connectivity index is 1.06. The third-order valence-electron chi connectivity index (χ3n) is 11.8. The number of halogens is 3. The van der Waals surface area contributed by atoms with Crippen molar-refractivity contribution < 1.29 is 23.0 Å². The molecule has 0 radical (unpaired) electrons. The number of hydrogen-bond donors (Lipinski definition) is 3. The van der Waals surface area contributed by atoms with Gasteiger partial charge in [-0.1, -0.05) is 12.1 Å². The summed E-state index contributed by atoms with van der Waals surface area (Å²) in [6.07, 6.45) is 8.04. The molecule has 0 amide bonds. The third-order valence-corrected chi connectivity index (χ3v) is 11.8. The fourth-order valence-electron chi connectivity index (χ4n) is 8.83. The Morgan fingerprint density at radius 1 is 0.896 bits per heavy atom. The standard InChI is InChI=1S/C37H41F3N6O2/c38-29-6-1-22-15-25(47)16-28(30(22)32(29)40)26-4-5-27-33(31(26)39)43-35(44-34(27)46-17-23-2-3-24(18-46)42-23)48-21-37(7-8-37)20-45-13-10-36(11-14-45)9-12-41-19-36/h1,4-6,15-16,23-24,41-42,47H,2-3,7-14,17-21H2. The van der Waals surface area contributed by atoms with Gasteiger partial charge in [0.25, 0.3) is 0 Å². The molecule has 4 aromatic rings. The van der Waals surface area contributed by atoms with Crippen molar-refractivity contribution in [2.75, 3.05) is 57.3 Å². The molecule has 5 heterocycles. The molecule has 4 aliphatic heterocycles. The number of fused-ring (bicyclic) bond motifs is 4. The summed E-state index contributed by atoms with van der Waals surface area (Å²) in [4.78, 5) is 14.3. The molecule has 2 atom stereocenters. The number of nitrogens with zero attached hydrogens (tertiary/aromatic N) is 4. The summed E-state index contributed by atoms with van der Waals surface area (Å²) in [5.74, 6) is -2.39. The van der Waals surface area contributed by atoms with Crippen molar-refractivity contribution in [3.63, 3.8) is 0 Å². The first-order chi connectivity index (χ1) is 23.3. The quantitative estimate of drug-likeness (QED) is 0.232. The van der Waals surface area contributed by atoms with Crippen molar-refractivity contribution in [2.45, 2.75) is 57.0 Å². The maximum atomic E-state index is 16.8. The fraction of sp³-hybridized carbons (Fsp3) is 0.514. The van der Waals surface area contributed by atoms with Crippen molar-refractivity contribution >= 4 is 27.5 Å². The summed E-state index contributed by atoms with van der Waals surface area (Å²) >= 11 is 0. The maximum absolute atomic E-state index is 16.8. The van der Waals surface area contributed by atoms with Crippen LogP contribution < -0.4 is 20.3 Å². The lowest BCUT2D eigenvalue weighted by molar-refractivity contribution is 0.0854. The molecule has 9 rings (SSSR count). The number of likely N-dealkylation sites (tertiary alicyclic amines) is 1. The monoisotopic (exact) mass is 658 g/mol. The third kappa shape index (κ3) is 5.34. The minimum atomic E-state index is -1.09. The van der Waals surface area contributed by atoms with Gasteiger partial charge in [0, 0.05) is 60.0 Å². The zero-order valence-corrected chi connectivity index (χ0v) is 27.0. The Morgan fingerprint density at radius 2 is 1.69 bits per heavy atom. The Hall–Kier alpha value is -3.67. The van der Waals surface area contributed by atoms with Gasteiger partial charge in [-0.15, -0.1) is 0 Å². The highest BCUT2D eigenvalue weighted by atomic mass is 19.2. The molecule has 1 saturated carbocycles. The number of benzene rings is 3. The number of phenols is 1. The molecular formula is C37H41F3N6O2. The van der Waals surface area contributed by atoms with Crippen LogP contribution >= 0.6 is 0 Å². The second-order valence-corrected chi connectivity index (χ2v) is 15.1. The summed E-state index contributed by atoms with van der Waals surface area (Å²) < 4.78 is 52.7. The molecule has 1 spiro atoms. The van der Waals surface area contributed by atoms with E-state index < -0.39 is 17.5 Å². The molecule has 48 heavy (non-hydrogen) atoms. The first kappa shape index (κ1) is 30.4. The fourth-order valence-corrected chi connectivity index (χ4v) is 8.83. The van der Waals surface area contributed by atoms with Crippen LogP contribution in [-0.4, -0.2) is 84.5 Å². The first-order valence-electron chi connectivity index (χ1n) is 17.5. The van der Waals surface area contributed by atoms with Crippen molar-refractivity contribution in [2.24, 2.45) is 10.8 Å². The van der Waals surface area contributed by atoms with E-state index in [1.165, 1.54) is 37.5 Å². The predicted octanol–water partition coefficient (Wildman–Crippen LogP) is 5.75. The number of piperazine rings is 1. The molecule has 3 aromatic carbocycles. The van der Waals surface area contributed by atoms with Crippen molar-refractivity contribution in [3.05, 3.63) is 53.8 Å². The van der Waals surface area contributed by atoms with Gasteiger partial charge >= 0.3 is 6.01 Å². The normalized spacial score (nSPS) is 24.6. The van der Waals surface area contributed by atoms with E-state index in [-0.39, 0.29) is 44.6 Å². The molecule has 2 bridgehead atoms. The molecule has 1 aliphatic carbocycles. The van der Waals surface area contributed by atoms with E-state index in [9.17, 15) is 9.50 Å². The summed E-state index contributed by atoms with van der Waals surface area (Å²) in [5.41, 5.74) is 0.632. The van der Waals surface area contributed by atoms with Gasteiger partial charge in [-0.3, -0.25) is 0 Å². The summed E-state index contributed by atoms with van der Waals surface area (Å²) in [7, 11) is 0. The number of anilines is 1. The minimum Gasteiger partial charge on any atom is -0.508 e. The smallest absolute Gasteiger partial charge is 0.319 e. The van der Waals surface area contributed by atoms with Gasteiger partial charge in [0.15, 0.2) is 17.5 Å². The second-order valence-electron chi connectivity index (χ2n) is 15.1. The van der Waals surface area contributed by atoms with Gasteiger partial charge in [-0.2, -0.15) is 9.97 Å². The number of phenolic OH excluding ortho intramolecular Hbond substituents is 1. The lowest BCUT2D eigenvalue weighted by atomic mass is 9.77. The minimum absolute atomic E-state index is 0.0166. The molecule has 8 nitrogen and oxygen atoms in total. The highest BCUT2D eigenvalue weighted by molar-refractivity contribution is 6.01. The molecule has 4 saturated heterocycles. The van der Waals surface area contributed by atoms with Crippen LogP contribution in [0.2, 0.25) is 0 Å². The average Bonchev–Trinajstić information content (AvgIpc) is 3.56. The van der Waals surface area contributed by atoms with Crippen LogP contribution in [0.15, 0.2) is 36.4 Å². The Kier molecular flexibility index (Phi) is 7.25. The van der Waals surface area contributed by atoms with Gasteiger partial charge < -0.3 is 30.3 Å². The first-order valence-corrected chi connectivity index (χ1v) is 17.5. The zero-order valence-electron chi connectivity index (χ0n) is 27.0. The molecule has 5 fully saturated rings. The zero-order chi connectivity index (χ0) is 32.6. The largest absolute Gasteiger partial charge is 0.508 e. The maximum Gasteiger partial charge on any atom is 0.319 e. The number of aromatic nitrogens is 2. The lowest BCUT2D eigenvalue weighted by Gasteiger charge is -2.40. The van der Waals surface area contributed by atoms with Crippen LogP contribution in [0.3, 0.4) is 0 Å². The van der Waals surface area contributed by atoms with Crippen molar-refractivity contribution in [1.29, 1.82) is 0 Å². The highest BCUT2D eigenvalue weighted by Crippen LogP contribution is 2.48. The molecule has 252 valence electrons. The number of hydrogen-bond acceptors (Lipinski definition) is 8. The van der Waals surface area contributed by atoms with Gasteiger partial charge in [-0.25, -0.2) is 13.2 Å². The van der Waals surface area contributed by atoms with E-state index in [1.807, 2.05) is 0 Å². The topological polar surface area (TPSA) is 85.8 Å². The Bertz CT molecular complexity index is 1890. The van der Waals surface area contributed by atoms with Crippen molar-refractivity contribution in [3.8, 4) is 22.9 Å². The van der Waals surface area contributed by atoms with Gasteiger partial charge in [0.1, 0.15) is 17.1 Å². The molecular weight excluding hydrogens is 617 g/mol. The number of nitrogens with one attached hydrogen (secondary N) is 2. The Morgan fingerprint density at radius 3 is 2.42 bits per heavy atom. The van der Waals surface area contributed by atoms with E-state index in [1.54, 1.807) is 12.1 Å². The van der Waals surface area contributed by atoms with Crippen LogP contribution in [0.4, 0.5) is 19.0 Å². The number of ether oxygens (including phenoxy) is 1. The molecule has 3 N–H and O–H groups in total. The number of rotatable bonds is 7. The van der Waals surface area contributed by atoms with Gasteiger partial charge in [0.05, 0.1) is 6.61 Å². The molecule has 11 heteroatoms. The highest BCUT2D eigenvalue weighted by Gasteiger charge is 2.47.